The molecule has 24 heavy (non-hydrogen) atoms. The predicted molar refractivity (Wildman–Crippen MR) is 94.8 cm³/mol. The summed E-state index contributed by atoms with van der Waals surface area (Å²) in [6.07, 6.45) is 3.71. The number of carbonyl (C=O) groups is 1. The lowest BCUT2D eigenvalue weighted by atomic mass is 9.84. The molecule has 0 aliphatic carbocycles. The minimum Gasteiger partial charge on any atom is -0.385 e. The van der Waals surface area contributed by atoms with E-state index in [1.54, 1.807) is 0 Å². The largest absolute Gasteiger partial charge is 0.385 e. The van der Waals surface area contributed by atoms with Crippen LogP contribution in [-0.2, 0) is 5.60 Å². The number of hydrogen-bond donors (Lipinski definition) is 2. The van der Waals surface area contributed by atoms with Crippen molar-refractivity contribution >= 4 is 6.03 Å². The van der Waals surface area contributed by atoms with Crippen LogP contribution >= 0.6 is 0 Å². The molecule has 0 bridgehead atoms. The molecule has 5 heteroatoms. The summed E-state index contributed by atoms with van der Waals surface area (Å²) < 4.78 is 0. The molecule has 0 radical (unpaired) electrons. The Morgan fingerprint density at radius 2 is 1.79 bits per heavy atom. The number of hydrogen-bond acceptors (Lipinski definition) is 3. The minimum absolute atomic E-state index is 0.00295. The molecule has 2 saturated heterocycles. The zero-order chi connectivity index (χ0) is 17.0. The smallest absolute Gasteiger partial charge is 0.317 e. The van der Waals surface area contributed by atoms with Crippen molar-refractivity contribution in [1.82, 2.24) is 15.1 Å². The average Bonchev–Trinajstić information content (AvgIpc) is 3.09. The molecule has 2 aliphatic heterocycles. The summed E-state index contributed by atoms with van der Waals surface area (Å²) in [5.41, 5.74) is 0.145. The topological polar surface area (TPSA) is 55.8 Å². The van der Waals surface area contributed by atoms with Crippen molar-refractivity contribution in [1.29, 1.82) is 0 Å². The molecule has 1 aromatic rings. The quantitative estimate of drug-likeness (QED) is 0.889. The molecule has 5 nitrogen and oxygen atoms in total. The van der Waals surface area contributed by atoms with Gasteiger partial charge in [-0.15, -0.1) is 0 Å². The van der Waals surface area contributed by atoms with Gasteiger partial charge in [0.1, 0.15) is 0 Å². The lowest BCUT2D eigenvalue weighted by Crippen LogP contribution is -2.52. The van der Waals surface area contributed by atoms with E-state index in [-0.39, 0.29) is 12.1 Å². The molecule has 2 fully saturated rings. The Bertz CT molecular complexity index is 535. The summed E-state index contributed by atoms with van der Waals surface area (Å²) in [6, 6.07) is 9.94. The van der Waals surface area contributed by atoms with Gasteiger partial charge in [0.05, 0.1) is 5.60 Å². The van der Waals surface area contributed by atoms with Crippen molar-refractivity contribution in [3.63, 3.8) is 0 Å². The van der Waals surface area contributed by atoms with Crippen molar-refractivity contribution in [3.05, 3.63) is 35.9 Å². The maximum absolute atomic E-state index is 12.4. The third-order valence-electron chi connectivity index (χ3n) is 5.29. The van der Waals surface area contributed by atoms with Gasteiger partial charge in [0.15, 0.2) is 0 Å². The third-order valence-corrected chi connectivity index (χ3v) is 5.29. The first-order chi connectivity index (χ1) is 11.6. The molecule has 1 atom stereocenters. The number of nitrogens with one attached hydrogen (secondary N) is 1. The molecule has 0 unspecified atom stereocenters. The first kappa shape index (κ1) is 17.2. The fourth-order valence-electron chi connectivity index (χ4n) is 3.82. The van der Waals surface area contributed by atoms with E-state index in [1.807, 2.05) is 35.2 Å². The van der Waals surface area contributed by atoms with Gasteiger partial charge in [-0.05, 0) is 51.3 Å². The number of likely N-dealkylation sites (tertiary alicyclic amines) is 2. The van der Waals surface area contributed by atoms with E-state index in [2.05, 4.69) is 17.1 Å². The van der Waals surface area contributed by atoms with Crippen LogP contribution in [0.4, 0.5) is 4.79 Å². The fourth-order valence-corrected chi connectivity index (χ4v) is 3.82. The first-order valence-corrected chi connectivity index (χ1v) is 9.12. The fraction of sp³-hybridized carbons (Fsp3) is 0.632. The molecule has 2 heterocycles. The van der Waals surface area contributed by atoms with Crippen LogP contribution < -0.4 is 5.32 Å². The minimum atomic E-state index is -0.806. The molecule has 3 rings (SSSR count). The van der Waals surface area contributed by atoms with Gasteiger partial charge in [0.25, 0.3) is 0 Å². The second kappa shape index (κ2) is 7.53. The van der Waals surface area contributed by atoms with Crippen molar-refractivity contribution in [2.24, 2.45) is 0 Å². The van der Waals surface area contributed by atoms with Crippen LogP contribution in [0.3, 0.4) is 0 Å². The lowest BCUT2D eigenvalue weighted by molar-refractivity contribution is -0.0170. The van der Waals surface area contributed by atoms with Gasteiger partial charge in [-0.3, -0.25) is 0 Å². The Hall–Kier alpha value is -1.59. The van der Waals surface area contributed by atoms with Gasteiger partial charge in [0.2, 0.25) is 0 Å². The highest BCUT2D eigenvalue weighted by Crippen LogP contribution is 2.32. The molecule has 2 amide bonds. The van der Waals surface area contributed by atoms with Gasteiger partial charge in [-0.25, -0.2) is 4.79 Å². The Morgan fingerprint density at radius 3 is 2.42 bits per heavy atom. The van der Waals surface area contributed by atoms with Crippen LogP contribution in [0, 0.1) is 0 Å². The summed E-state index contributed by atoms with van der Waals surface area (Å²) in [4.78, 5) is 16.7. The van der Waals surface area contributed by atoms with E-state index < -0.39 is 5.60 Å². The first-order valence-electron chi connectivity index (χ1n) is 9.12. The summed E-state index contributed by atoms with van der Waals surface area (Å²) >= 11 is 0. The maximum Gasteiger partial charge on any atom is 0.317 e. The number of amides is 2. The number of urea groups is 1. The van der Waals surface area contributed by atoms with Crippen molar-refractivity contribution < 1.29 is 9.90 Å². The van der Waals surface area contributed by atoms with E-state index in [0.717, 1.165) is 25.2 Å². The Morgan fingerprint density at radius 1 is 1.17 bits per heavy atom. The molecule has 132 valence electrons. The van der Waals surface area contributed by atoms with Crippen molar-refractivity contribution in [3.8, 4) is 0 Å². The molecule has 1 aromatic carbocycles. The molecular weight excluding hydrogens is 302 g/mol. The Labute approximate surface area is 144 Å². The van der Waals surface area contributed by atoms with Gasteiger partial charge in [-0.1, -0.05) is 30.3 Å². The van der Waals surface area contributed by atoms with Crippen LogP contribution in [0.25, 0.3) is 0 Å². The zero-order valence-electron chi connectivity index (χ0n) is 14.6. The molecule has 0 aromatic heterocycles. The van der Waals surface area contributed by atoms with E-state index >= 15 is 0 Å². The summed E-state index contributed by atoms with van der Waals surface area (Å²) in [6.45, 7) is 6.47. The van der Waals surface area contributed by atoms with Crippen LogP contribution in [0.2, 0.25) is 0 Å². The van der Waals surface area contributed by atoms with Gasteiger partial charge in [-0.2, -0.15) is 0 Å². The third kappa shape index (κ3) is 4.08. The number of benzene rings is 1. The Balaban J connectivity index is 1.48. The molecule has 0 saturated carbocycles. The standard InChI is InChI=1S/C19H29N3O2/c1-16(15-21-11-5-6-12-21)20-18(23)22-13-9-19(24,10-14-22)17-7-3-2-4-8-17/h2-4,7-8,16,24H,5-6,9-15H2,1H3,(H,20,23)/t16-/m1/s1. The highest BCUT2D eigenvalue weighted by Gasteiger charge is 2.35. The summed E-state index contributed by atoms with van der Waals surface area (Å²) in [7, 11) is 0. The van der Waals surface area contributed by atoms with Crippen LogP contribution in [0.15, 0.2) is 30.3 Å². The molecule has 2 aliphatic rings. The molecule has 0 spiro atoms. The highest BCUT2D eigenvalue weighted by molar-refractivity contribution is 5.74. The highest BCUT2D eigenvalue weighted by atomic mass is 16.3. The average molecular weight is 331 g/mol. The second-order valence-corrected chi connectivity index (χ2v) is 7.24. The number of rotatable bonds is 4. The van der Waals surface area contributed by atoms with Gasteiger partial charge < -0.3 is 20.2 Å². The second-order valence-electron chi connectivity index (χ2n) is 7.24. The van der Waals surface area contributed by atoms with E-state index in [9.17, 15) is 9.90 Å². The molecule has 2 N–H and O–H groups in total. The normalized spacial score (nSPS) is 22.3. The van der Waals surface area contributed by atoms with Gasteiger partial charge >= 0.3 is 6.03 Å². The van der Waals surface area contributed by atoms with Crippen molar-refractivity contribution in [2.45, 2.75) is 44.2 Å². The predicted octanol–water partition coefficient (Wildman–Crippen LogP) is 2.16. The van der Waals surface area contributed by atoms with Crippen LogP contribution in [-0.4, -0.2) is 59.7 Å². The SMILES string of the molecule is C[C@H](CN1CCCC1)NC(=O)N1CCC(O)(c2ccccc2)CC1. The van der Waals surface area contributed by atoms with E-state index in [4.69, 9.17) is 0 Å². The van der Waals surface area contributed by atoms with E-state index in [1.165, 1.54) is 12.8 Å². The van der Waals surface area contributed by atoms with Crippen molar-refractivity contribution in [2.75, 3.05) is 32.7 Å². The molecular formula is C19H29N3O2. The van der Waals surface area contributed by atoms with Gasteiger partial charge in [0, 0.05) is 25.7 Å². The Kier molecular flexibility index (Phi) is 5.41. The van der Waals surface area contributed by atoms with Crippen LogP contribution in [0.5, 0.6) is 0 Å². The summed E-state index contributed by atoms with van der Waals surface area (Å²) in [5, 5.41) is 14.0. The number of carbonyl (C=O) groups excluding carboxylic acids is 1. The van der Waals surface area contributed by atoms with E-state index in [0.29, 0.717) is 25.9 Å². The lowest BCUT2D eigenvalue weighted by Gasteiger charge is -2.39. The summed E-state index contributed by atoms with van der Waals surface area (Å²) in [5.74, 6) is 0. The number of nitrogens with zero attached hydrogens (tertiary/aromatic N) is 2. The zero-order valence-corrected chi connectivity index (χ0v) is 14.6. The maximum atomic E-state index is 12.4. The number of piperidine rings is 1. The monoisotopic (exact) mass is 331 g/mol. The van der Waals surface area contributed by atoms with Crippen LogP contribution in [0.1, 0.15) is 38.2 Å². The number of aliphatic hydroxyl groups is 1.